The molecule has 0 N–H and O–H groups in total. The molecule has 0 spiro atoms. The van der Waals surface area contributed by atoms with Crippen LogP contribution in [0.25, 0.3) is 0 Å². The van der Waals surface area contributed by atoms with E-state index in [0.717, 1.165) is 0 Å². The Morgan fingerprint density at radius 1 is 1.00 bits per heavy atom. The van der Waals surface area contributed by atoms with Crippen molar-refractivity contribution in [3.8, 4) is 0 Å². The van der Waals surface area contributed by atoms with Gasteiger partial charge in [0.1, 0.15) is 17.5 Å². The summed E-state index contributed by atoms with van der Waals surface area (Å²) in [6, 6.07) is 1.42. The molecular formula is C11H13F3. The number of halogens is 3. The summed E-state index contributed by atoms with van der Waals surface area (Å²) < 4.78 is 38.9. The van der Waals surface area contributed by atoms with E-state index in [1.165, 1.54) is 0 Å². The predicted molar refractivity (Wildman–Crippen MR) is 49.5 cm³/mol. The molecule has 0 amide bonds. The second kappa shape index (κ2) is 3.64. The number of hydrogen-bond acceptors (Lipinski definition) is 0. The van der Waals surface area contributed by atoms with Gasteiger partial charge < -0.3 is 0 Å². The molecule has 1 aromatic carbocycles. The zero-order valence-corrected chi connectivity index (χ0v) is 8.50. The van der Waals surface area contributed by atoms with Crippen LogP contribution >= 0.6 is 0 Å². The van der Waals surface area contributed by atoms with Crippen LogP contribution in [0.3, 0.4) is 0 Å². The Balaban J connectivity index is 3.09. The third-order valence-electron chi connectivity index (χ3n) is 1.81. The lowest BCUT2D eigenvalue weighted by molar-refractivity contribution is 0.388. The maximum Gasteiger partial charge on any atom is 0.132 e. The van der Waals surface area contributed by atoms with Gasteiger partial charge in [-0.15, -0.1) is 0 Å². The molecule has 3 heteroatoms. The SMILES string of the molecule is CC(C)(C)Cc1c(F)cc(F)cc1F. The maximum atomic E-state index is 13.2. The van der Waals surface area contributed by atoms with Crippen molar-refractivity contribution >= 4 is 0 Å². The third kappa shape index (κ3) is 2.76. The van der Waals surface area contributed by atoms with Crippen LogP contribution in [0.1, 0.15) is 26.3 Å². The van der Waals surface area contributed by atoms with E-state index in [0.29, 0.717) is 12.1 Å². The Morgan fingerprint density at radius 3 is 1.79 bits per heavy atom. The molecule has 0 bridgehead atoms. The maximum absolute atomic E-state index is 13.2. The Labute approximate surface area is 81.8 Å². The highest BCUT2D eigenvalue weighted by Crippen LogP contribution is 2.25. The van der Waals surface area contributed by atoms with Crippen molar-refractivity contribution < 1.29 is 13.2 Å². The fourth-order valence-corrected chi connectivity index (χ4v) is 1.27. The van der Waals surface area contributed by atoms with E-state index in [1.807, 2.05) is 20.8 Å². The molecule has 0 aliphatic heterocycles. The standard InChI is InChI=1S/C11H13F3/c1-11(2,3)6-8-9(13)4-7(12)5-10(8)14/h4-5H,6H2,1-3H3. The van der Waals surface area contributed by atoms with Gasteiger partial charge in [0.25, 0.3) is 0 Å². The molecular weight excluding hydrogens is 189 g/mol. The molecule has 1 rings (SSSR count). The van der Waals surface area contributed by atoms with Gasteiger partial charge in [-0.1, -0.05) is 20.8 Å². The van der Waals surface area contributed by atoms with Crippen molar-refractivity contribution in [1.82, 2.24) is 0 Å². The molecule has 0 saturated heterocycles. The van der Waals surface area contributed by atoms with Crippen molar-refractivity contribution in [1.29, 1.82) is 0 Å². The molecule has 0 unspecified atom stereocenters. The molecule has 0 saturated carbocycles. The first-order chi connectivity index (χ1) is 6.29. The van der Waals surface area contributed by atoms with Gasteiger partial charge in [-0.2, -0.15) is 0 Å². The Hall–Kier alpha value is -0.990. The first kappa shape index (κ1) is 11.1. The lowest BCUT2D eigenvalue weighted by atomic mass is 9.88. The summed E-state index contributed by atoms with van der Waals surface area (Å²) in [5.41, 5.74) is -0.265. The molecule has 0 heterocycles. The number of hydrogen-bond donors (Lipinski definition) is 0. The van der Waals surface area contributed by atoms with Crippen molar-refractivity contribution in [2.24, 2.45) is 5.41 Å². The van der Waals surface area contributed by atoms with Gasteiger partial charge >= 0.3 is 0 Å². The fraction of sp³-hybridized carbons (Fsp3) is 0.455. The highest BCUT2D eigenvalue weighted by Gasteiger charge is 2.18. The molecule has 0 aliphatic carbocycles. The number of benzene rings is 1. The topological polar surface area (TPSA) is 0 Å². The second-order valence-electron chi connectivity index (χ2n) is 4.59. The van der Waals surface area contributed by atoms with Crippen LogP contribution in [-0.2, 0) is 6.42 Å². The largest absolute Gasteiger partial charge is 0.207 e. The monoisotopic (exact) mass is 202 g/mol. The van der Waals surface area contributed by atoms with Gasteiger partial charge in [0, 0.05) is 17.7 Å². The van der Waals surface area contributed by atoms with E-state index < -0.39 is 17.5 Å². The minimum atomic E-state index is -0.877. The summed E-state index contributed by atoms with van der Waals surface area (Å²) in [5.74, 6) is -2.49. The van der Waals surface area contributed by atoms with Gasteiger partial charge in [0.15, 0.2) is 0 Å². The first-order valence-corrected chi connectivity index (χ1v) is 4.43. The minimum Gasteiger partial charge on any atom is -0.207 e. The normalized spacial score (nSPS) is 11.9. The molecule has 0 aliphatic rings. The fourth-order valence-electron chi connectivity index (χ4n) is 1.27. The zero-order valence-electron chi connectivity index (χ0n) is 8.50. The summed E-state index contributed by atoms with van der Waals surface area (Å²) in [6.45, 7) is 5.61. The summed E-state index contributed by atoms with van der Waals surface area (Å²) in [5, 5.41) is 0. The molecule has 0 atom stereocenters. The molecule has 0 radical (unpaired) electrons. The summed E-state index contributed by atoms with van der Waals surface area (Å²) >= 11 is 0. The molecule has 0 fully saturated rings. The van der Waals surface area contributed by atoms with E-state index in [-0.39, 0.29) is 17.4 Å². The van der Waals surface area contributed by atoms with Crippen molar-refractivity contribution in [3.63, 3.8) is 0 Å². The van der Waals surface area contributed by atoms with Crippen molar-refractivity contribution in [2.45, 2.75) is 27.2 Å². The molecule has 1 aromatic rings. The molecule has 0 aromatic heterocycles. The van der Waals surface area contributed by atoms with Gasteiger partial charge in [0.05, 0.1) is 0 Å². The van der Waals surface area contributed by atoms with Crippen LogP contribution < -0.4 is 0 Å². The van der Waals surface area contributed by atoms with Crippen molar-refractivity contribution in [3.05, 3.63) is 35.1 Å². The van der Waals surface area contributed by atoms with Crippen LogP contribution in [0.4, 0.5) is 13.2 Å². The Morgan fingerprint density at radius 2 is 1.43 bits per heavy atom. The zero-order chi connectivity index (χ0) is 10.9. The molecule has 0 nitrogen and oxygen atoms in total. The minimum absolute atomic E-state index is 0.0427. The highest BCUT2D eigenvalue weighted by molar-refractivity contribution is 5.21. The lowest BCUT2D eigenvalue weighted by Crippen LogP contribution is -2.12. The summed E-state index contributed by atoms with van der Waals surface area (Å²) in [4.78, 5) is 0. The van der Waals surface area contributed by atoms with Crippen LogP contribution in [0.2, 0.25) is 0 Å². The highest BCUT2D eigenvalue weighted by atomic mass is 19.1. The average Bonchev–Trinajstić information content (AvgIpc) is 1.95. The van der Waals surface area contributed by atoms with Gasteiger partial charge in [-0.3, -0.25) is 0 Å². The third-order valence-corrected chi connectivity index (χ3v) is 1.81. The Bertz CT molecular complexity index is 314. The van der Waals surface area contributed by atoms with Gasteiger partial charge in [0.2, 0.25) is 0 Å². The van der Waals surface area contributed by atoms with E-state index in [9.17, 15) is 13.2 Å². The summed E-state index contributed by atoms with van der Waals surface area (Å²) in [7, 11) is 0. The quantitative estimate of drug-likeness (QED) is 0.651. The van der Waals surface area contributed by atoms with Gasteiger partial charge in [-0.05, 0) is 11.8 Å². The number of rotatable bonds is 1. The van der Waals surface area contributed by atoms with E-state index in [2.05, 4.69) is 0 Å². The summed E-state index contributed by atoms with van der Waals surface area (Å²) in [6.07, 6.45) is 0.255. The Kier molecular flexibility index (Phi) is 2.88. The molecule has 78 valence electrons. The van der Waals surface area contributed by atoms with Crippen LogP contribution in [-0.4, -0.2) is 0 Å². The van der Waals surface area contributed by atoms with E-state index in [1.54, 1.807) is 0 Å². The average molecular weight is 202 g/mol. The van der Waals surface area contributed by atoms with Crippen LogP contribution in [0.15, 0.2) is 12.1 Å². The first-order valence-electron chi connectivity index (χ1n) is 4.43. The van der Waals surface area contributed by atoms with Crippen molar-refractivity contribution in [2.75, 3.05) is 0 Å². The lowest BCUT2D eigenvalue weighted by Gasteiger charge is -2.18. The molecule has 14 heavy (non-hydrogen) atoms. The smallest absolute Gasteiger partial charge is 0.132 e. The second-order valence-corrected chi connectivity index (χ2v) is 4.59. The van der Waals surface area contributed by atoms with E-state index >= 15 is 0 Å². The van der Waals surface area contributed by atoms with Crippen LogP contribution in [0.5, 0.6) is 0 Å². The van der Waals surface area contributed by atoms with E-state index in [4.69, 9.17) is 0 Å². The van der Waals surface area contributed by atoms with Crippen LogP contribution in [0, 0.1) is 22.9 Å². The predicted octanol–water partition coefficient (Wildman–Crippen LogP) is 3.69. The van der Waals surface area contributed by atoms with Gasteiger partial charge in [-0.25, -0.2) is 13.2 Å².